The van der Waals surface area contributed by atoms with Crippen LogP contribution < -0.4 is 5.32 Å². The smallest absolute Gasteiger partial charge is 0.137 e. The Morgan fingerprint density at radius 1 is 1.19 bits per heavy atom. The second-order valence-electron chi connectivity index (χ2n) is 4.72. The van der Waals surface area contributed by atoms with E-state index in [2.05, 4.69) is 21.2 Å². The molecule has 0 bridgehead atoms. The minimum absolute atomic E-state index is 0.0186. The van der Waals surface area contributed by atoms with Gasteiger partial charge in [-0.15, -0.1) is 0 Å². The highest BCUT2D eigenvalue weighted by atomic mass is 79.9. The molecule has 0 spiro atoms. The first-order valence-electron chi connectivity index (χ1n) is 6.63. The van der Waals surface area contributed by atoms with Crippen LogP contribution in [0.25, 0.3) is 0 Å². The lowest BCUT2D eigenvalue weighted by atomic mass is 9.98. The van der Waals surface area contributed by atoms with E-state index in [0.717, 1.165) is 17.7 Å². The van der Waals surface area contributed by atoms with Crippen LogP contribution >= 0.6 is 27.5 Å². The van der Waals surface area contributed by atoms with Gasteiger partial charge in [0.1, 0.15) is 11.6 Å². The van der Waals surface area contributed by atoms with Crippen LogP contribution in [0.1, 0.15) is 24.1 Å². The number of halogens is 4. The topological polar surface area (TPSA) is 12.0 Å². The number of nitrogens with one attached hydrogen (secondary N) is 1. The molecule has 0 aliphatic carbocycles. The molecule has 5 heteroatoms. The van der Waals surface area contributed by atoms with E-state index >= 15 is 0 Å². The summed E-state index contributed by atoms with van der Waals surface area (Å²) < 4.78 is 26.9. The Balaban J connectivity index is 2.28. The molecule has 0 heterocycles. The average molecular weight is 375 g/mol. The molecule has 1 atom stereocenters. The first-order chi connectivity index (χ1) is 10.0. The summed E-state index contributed by atoms with van der Waals surface area (Å²) >= 11 is 9.28. The molecule has 2 rings (SSSR count). The van der Waals surface area contributed by atoms with Gasteiger partial charge in [0.25, 0.3) is 0 Å². The first-order valence-corrected chi connectivity index (χ1v) is 7.80. The van der Waals surface area contributed by atoms with E-state index in [9.17, 15) is 8.78 Å². The lowest BCUT2D eigenvalue weighted by Gasteiger charge is -2.19. The molecule has 1 N–H and O–H groups in total. The van der Waals surface area contributed by atoms with Crippen molar-refractivity contribution in [3.63, 3.8) is 0 Å². The fourth-order valence-electron chi connectivity index (χ4n) is 2.19. The average Bonchev–Trinajstić information content (AvgIpc) is 2.44. The molecular formula is C16H15BrClF2N. The van der Waals surface area contributed by atoms with Crippen molar-refractivity contribution in [2.45, 2.75) is 19.4 Å². The molecular weight excluding hydrogens is 360 g/mol. The van der Waals surface area contributed by atoms with Crippen LogP contribution in [0.4, 0.5) is 8.78 Å². The van der Waals surface area contributed by atoms with E-state index < -0.39 is 0 Å². The lowest BCUT2D eigenvalue weighted by molar-refractivity contribution is 0.545. The van der Waals surface area contributed by atoms with Crippen LogP contribution in [-0.2, 0) is 6.42 Å². The third-order valence-corrected chi connectivity index (χ3v) is 4.20. The molecule has 0 saturated carbocycles. The zero-order valence-electron chi connectivity index (χ0n) is 11.5. The minimum Gasteiger partial charge on any atom is -0.310 e. The highest BCUT2D eigenvalue weighted by Crippen LogP contribution is 2.27. The van der Waals surface area contributed by atoms with Crippen molar-refractivity contribution in [1.82, 2.24) is 5.32 Å². The van der Waals surface area contributed by atoms with Crippen LogP contribution in [0.5, 0.6) is 0 Å². The zero-order chi connectivity index (χ0) is 15.4. The van der Waals surface area contributed by atoms with Crippen molar-refractivity contribution in [1.29, 1.82) is 0 Å². The monoisotopic (exact) mass is 373 g/mol. The Morgan fingerprint density at radius 3 is 2.57 bits per heavy atom. The summed E-state index contributed by atoms with van der Waals surface area (Å²) in [6.07, 6.45) is 0.602. The summed E-state index contributed by atoms with van der Waals surface area (Å²) in [4.78, 5) is 0. The minimum atomic E-state index is -0.353. The molecule has 0 aliphatic rings. The molecule has 0 amide bonds. The molecule has 112 valence electrons. The fourth-order valence-corrected chi connectivity index (χ4v) is 2.83. The van der Waals surface area contributed by atoms with Crippen molar-refractivity contribution in [3.8, 4) is 0 Å². The van der Waals surface area contributed by atoms with Crippen molar-refractivity contribution < 1.29 is 8.78 Å². The van der Waals surface area contributed by atoms with Gasteiger partial charge >= 0.3 is 0 Å². The number of rotatable bonds is 5. The SMILES string of the molecule is CCNC(Cc1ccc(F)cc1Cl)c1ccc(F)c(Br)c1. The molecule has 0 aliphatic heterocycles. The van der Waals surface area contributed by atoms with Crippen molar-refractivity contribution in [3.05, 3.63) is 68.7 Å². The van der Waals surface area contributed by atoms with Gasteiger partial charge in [-0.1, -0.05) is 30.7 Å². The van der Waals surface area contributed by atoms with Crippen LogP contribution in [0.15, 0.2) is 40.9 Å². The number of likely N-dealkylation sites (N-methyl/N-ethyl adjacent to an activating group) is 1. The maximum Gasteiger partial charge on any atom is 0.137 e. The molecule has 2 aromatic carbocycles. The molecule has 0 fully saturated rings. The Labute approximate surface area is 136 Å². The molecule has 1 unspecified atom stereocenters. The van der Waals surface area contributed by atoms with Gasteiger partial charge in [-0.05, 0) is 64.3 Å². The van der Waals surface area contributed by atoms with Crippen molar-refractivity contribution in [2.24, 2.45) is 0 Å². The highest BCUT2D eigenvalue weighted by Gasteiger charge is 2.15. The maximum absolute atomic E-state index is 13.4. The quantitative estimate of drug-likeness (QED) is 0.751. The maximum atomic E-state index is 13.4. The van der Waals surface area contributed by atoms with E-state index in [1.807, 2.05) is 6.92 Å². The van der Waals surface area contributed by atoms with Crippen molar-refractivity contribution in [2.75, 3.05) is 6.54 Å². The molecule has 0 aromatic heterocycles. The molecule has 0 radical (unpaired) electrons. The summed E-state index contributed by atoms with van der Waals surface area (Å²) in [5.41, 5.74) is 1.80. The zero-order valence-corrected chi connectivity index (χ0v) is 13.8. The second-order valence-corrected chi connectivity index (χ2v) is 5.99. The van der Waals surface area contributed by atoms with Gasteiger partial charge in [0.15, 0.2) is 0 Å². The summed E-state index contributed by atoms with van der Waals surface area (Å²) in [5.74, 6) is -0.651. The van der Waals surface area contributed by atoms with Gasteiger partial charge in [0, 0.05) is 11.1 Å². The predicted octanol–water partition coefficient (Wildman–Crippen LogP) is 5.27. The highest BCUT2D eigenvalue weighted by molar-refractivity contribution is 9.10. The molecule has 2 aromatic rings. The Kier molecular flexibility index (Phi) is 5.73. The molecule has 1 nitrogen and oxygen atoms in total. The van der Waals surface area contributed by atoms with E-state index in [1.54, 1.807) is 18.2 Å². The van der Waals surface area contributed by atoms with Crippen LogP contribution in [0.2, 0.25) is 5.02 Å². The van der Waals surface area contributed by atoms with Gasteiger partial charge in [-0.2, -0.15) is 0 Å². The van der Waals surface area contributed by atoms with E-state index in [0.29, 0.717) is 15.9 Å². The predicted molar refractivity (Wildman–Crippen MR) is 85.6 cm³/mol. The largest absolute Gasteiger partial charge is 0.310 e. The normalized spacial score (nSPS) is 12.4. The second kappa shape index (κ2) is 7.34. The Bertz CT molecular complexity index is 634. The van der Waals surface area contributed by atoms with E-state index in [1.165, 1.54) is 18.2 Å². The summed E-state index contributed by atoms with van der Waals surface area (Å²) in [6, 6.07) is 9.28. The standard InChI is InChI=1S/C16H15BrClF2N/c1-2-21-16(11-4-6-15(20)13(17)7-11)8-10-3-5-12(19)9-14(10)18/h3-7,9,16,21H,2,8H2,1H3. The Hall–Kier alpha value is -0.970. The lowest BCUT2D eigenvalue weighted by Crippen LogP contribution is -2.23. The number of hydrogen-bond donors (Lipinski definition) is 1. The first kappa shape index (κ1) is 16.4. The van der Waals surface area contributed by atoms with Crippen LogP contribution in [0, 0.1) is 11.6 Å². The number of hydrogen-bond acceptors (Lipinski definition) is 1. The fraction of sp³-hybridized carbons (Fsp3) is 0.250. The third-order valence-electron chi connectivity index (χ3n) is 3.24. The van der Waals surface area contributed by atoms with Crippen molar-refractivity contribution >= 4 is 27.5 Å². The van der Waals surface area contributed by atoms with E-state index in [-0.39, 0.29) is 17.7 Å². The van der Waals surface area contributed by atoms with Crippen LogP contribution in [0.3, 0.4) is 0 Å². The van der Waals surface area contributed by atoms with Gasteiger partial charge in [-0.25, -0.2) is 8.78 Å². The summed E-state index contributed by atoms with van der Waals surface area (Å²) in [6.45, 7) is 2.76. The third kappa shape index (κ3) is 4.25. The molecule has 21 heavy (non-hydrogen) atoms. The van der Waals surface area contributed by atoms with Gasteiger partial charge in [0.05, 0.1) is 4.47 Å². The summed E-state index contributed by atoms with van der Waals surface area (Å²) in [7, 11) is 0. The summed E-state index contributed by atoms with van der Waals surface area (Å²) in [5, 5.41) is 3.74. The van der Waals surface area contributed by atoms with Crippen LogP contribution in [-0.4, -0.2) is 6.54 Å². The van der Waals surface area contributed by atoms with Gasteiger partial charge in [0.2, 0.25) is 0 Å². The number of benzene rings is 2. The van der Waals surface area contributed by atoms with E-state index in [4.69, 9.17) is 11.6 Å². The van der Waals surface area contributed by atoms with Gasteiger partial charge in [-0.3, -0.25) is 0 Å². The Morgan fingerprint density at radius 2 is 1.95 bits per heavy atom. The molecule has 0 saturated heterocycles. The van der Waals surface area contributed by atoms with Gasteiger partial charge < -0.3 is 5.32 Å².